The van der Waals surface area contributed by atoms with Crippen LogP contribution in [-0.2, 0) is 0 Å². The van der Waals surface area contributed by atoms with Crippen LogP contribution >= 0.6 is 0 Å². The SMILES string of the molecule is OC(c1c(F)cccc1F)c1cnnn1-c1ccccc1. The number of benzene rings is 2. The molecular weight excluding hydrogens is 276 g/mol. The van der Waals surface area contributed by atoms with E-state index < -0.39 is 23.3 Å². The number of aliphatic hydroxyl groups excluding tert-OH is 1. The predicted octanol–water partition coefficient (Wildman–Crippen LogP) is 2.63. The van der Waals surface area contributed by atoms with Crippen molar-refractivity contribution in [3.8, 4) is 5.69 Å². The lowest BCUT2D eigenvalue weighted by Crippen LogP contribution is -2.11. The average Bonchev–Trinajstić information content (AvgIpc) is 2.97. The van der Waals surface area contributed by atoms with Gasteiger partial charge in [0, 0.05) is 0 Å². The quantitative estimate of drug-likeness (QED) is 0.805. The number of rotatable bonds is 3. The van der Waals surface area contributed by atoms with E-state index in [1.54, 1.807) is 24.3 Å². The van der Waals surface area contributed by atoms with E-state index in [9.17, 15) is 13.9 Å². The summed E-state index contributed by atoms with van der Waals surface area (Å²) in [6, 6.07) is 12.3. The zero-order valence-corrected chi connectivity index (χ0v) is 10.8. The van der Waals surface area contributed by atoms with Gasteiger partial charge in [-0.1, -0.05) is 29.5 Å². The van der Waals surface area contributed by atoms with E-state index in [1.807, 2.05) is 6.07 Å². The molecule has 3 aromatic rings. The lowest BCUT2D eigenvalue weighted by molar-refractivity contribution is 0.201. The molecule has 1 aromatic heterocycles. The second-order valence-corrected chi connectivity index (χ2v) is 4.44. The van der Waals surface area contributed by atoms with Gasteiger partial charge in [0.15, 0.2) is 0 Å². The third-order valence-electron chi connectivity index (χ3n) is 3.13. The molecule has 0 aliphatic rings. The van der Waals surface area contributed by atoms with Gasteiger partial charge in [-0.15, -0.1) is 5.10 Å². The Morgan fingerprint density at radius 1 is 0.952 bits per heavy atom. The zero-order chi connectivity index (χ0) is 14.8. The Balaban J connectivity index is 2.08. The molecule has 0 radical (unpaired) electrons. The molecule has 3 rings (SSSR count). The van der Waals surface area contributed by atoms with Gasteiger partial charge in [0.05, 0.1) is 23.1 Å². The maximum atomic E-state index is 13.8. The van der Waals surface area contributed by atoms with Crippen LogP contribution in [0.15, 0.2) is 54.7 Å². The zero-order valence-electron chi connectivity index (χ0n) is 10.8. The van der Waals surface area contributed by atoms with Gasteiger partial charge in [-0.3, -0.25) is 0 Å². The summed E-state index contributed by atoms with van der Waals surface area (Å²) < 4.78 is 28.9. The van der Waals surface area contributed by atoms with Crippen molar-refractivity contribution in [2.45, 2.75) is 6.10 Å². The Hall–Kier alpha value is -2.60. The molecule has 0 saturated carbocycles. The fourth-order valence-corrected chi connectivity index (χ4v) is 2.12. The molecule has 1 unspecified atom stereocenters. The van der Waals surface area contributed by atoms with Crippen molar-refractivity contribution in [3.05, 3.63) is 77.6 Å². The van der Waals surface area contributed by atoms with Gasteiger partial charge in [-0.2, -0.15) is 0 Å². The largest absolute Gasteiger partial charge is 0.382 e. The number of aromatic nitrogens is 3. The van der Waals surface area contributed by atoms with E-state index in [4.69, 9.17) is 0 Å². The Kier molecular flexibility index (Phi) is 3.45. The maximum Gasteiger partial charge on any atom is 0.132 e. The molecule has 0 saturated heterocycles. The predicted molar refractivity (Wildman–Crippen MR) is 71.8 cm³/mol. The molecule has 4 nitrogen and oxygen atoms in total. The van der Waals surface area contributed by atoms with Crippen LogP contribution in [0.3, 0.4) is 0 Å². The summed E-state index contributed by atoms with van der Waals surface area (Å²) in [5, 5.41) is 17.9. The van der Waals surface area contributed by atoms with Crippen molar-refractivity contribution in [2.75, 3.05) is 0 Å². The lowest BCUT2D eigenvalue weighted by Gasteiger charge is -2.14. The number of halogens is 2. The van der Waals surface area contributed by atoms with Gasteiger partial charge in [0.2, 0.25) is 0 Å². The number of nitrogens with zero attached hydrogens (tertiary/aromatic N) is 3. The molecule has 6 heteroatoms. The second-order valence-electron chi connectivity index (χ2n) is 4.44. The number of hydrogen-bond donors (Lipinski definition) is 1. The fraction of sp³-hybridized carbons (Fsp3) is 0.0667. The van der Waals surface area contributed by atoms with Crippen LogP contribution in [-0.4, -0.2) is 20.1 Å². The van der Waals surface area contributed by atoms with Gasteiger partial charge in [-0.25, -0.2) is 13.5 Å². The standard InChI is InChI=1S/C15H11F2N3O/c16-11-7-4-8-12(17)14(11)15(21)13-9-18-19-20(13)10-5-2-1-3-6-10/h1-9,15,21H. The maximum absolute atomic E-state index is 13.8. The summed E-state index contributed by atoms with van der Waals surface area (Å²) in [4.78, 5) is 0. The van der Waals surface area contributed by atoms with Crippen LogP contribution < -0.4 is 0 Å². The van der Waals surface area contributed by atoms with Crippen LogP contribution in [0.5, 0.6) is 0 Å². The molecule has 1 heterocycles. The molecular formula is C15H11F2N3O. The third kappa shape index (κ3) is 2.41. The lowest BCUT2D eigenvalue weighted by atomic mass is 10.1. The van der Waals surface area contributed by atoms with E-state index in [-0.39, 0.29) is 5.69 Å². The monoisotopic (exact) mass is 287 g/mol. The molecule has 1 N–H and O–H groups in total. The Morgan fingerprint density at radius 3 is 2.29 bits per heavy atom. The van der Waals surface area contributed by atoms with Gasteiger partial charge in [0.1, 0.15) is 17.7 Å². The van der Waals surface area contributed by atoms with E-state index in [0.29, 0.717) is 5.69 Å². The minimum atomic E-state index is -1.50. The summed E-state index contributed by atoms with van der Waals surface area (Å²) in [5.74, 6) is -1.63. The first-order valence-corrected chi connectivity index (χ1v) is 6.26. The number of aliphatic hydroxyl groups is 1. The highest BCUT2D eigenvalue weighted by Gasteiger charge is 2.23. The molecule has 0 fully saturated rings. The van der Waals surface area contributed by atoms with Crippen LogP contribution in [0.1, 0.15) is 17.4 Å². The van der Waals surface area contributed by atoms with Gasteiger partial charge < -0.3 is 5.11 Å². The first kappa shape index (κ1) is 13.4. The third-order valence-corrected chi connectivity index (χ3v) is 3.13. The summed E-state index contributed by atoms with van der Waals surface area (Å²) in [7, 11) is 0. The Bertz CT molecular complexity index is 738. The van der Waals surface area contributed by atoms with Crippen LogP contribution in [0.25, 0.3) is 5.69 Å². The summed E-state index contributed by atoms with van der Waals surface area (Å²) in [6.07, 6.45) is -0.217. The second kappa shape index (κ2) is 5.41. The molecule has 0 bridgehead atoms. The number of para-hydroxylation sites is 1. The first-order valence-electron chi connectivity index (χ1n) is 6.26. The summed E-state index contributed by atoms with van der Waals surface area (Å²) in [5.41, 5.74) is 0.406. The normalized spacial score (nSPS) is 12.3. The smallest absolute Gasteiger partial charge is 0.132 e. The highest BCUT2D eigenvalue weighted by Crippen LogP contribution is 2.27. The van der Waals surface area contributed by atoms with Crippen LogP contribution in [0, 0.1) is 11.6 Å². The van der Waals surface area contributed by atoms with Crippen molar-refractivity contribution in [1.82, 2.24) is 15.0 Å². The van der Waals surface area contributed by atoms with E-state index in [0.717, 1.165) is 12.1 Å². The van der Waals surface area contributed by atoms with Gasteiger partial charge in [-0.05, 0) is 24.3 Å². The van der Waals surface area contributed by atoms with Crippen molar-refractivity contribution < 1.29 is 13.9 Å². The van der Waals surface area contributed by atoms with Crippen molar-refractivity contribution >= 4 is 0 Å². The molecule has 1 atom stereocenters. The van der Waals surface area contributed by atoms with Crippen molar-refractivity contribution in [3.63, 3.8) is 0 Å². The molecule has 106 valence electrons. The van der Waals surface area contributed by atoms with Crippen molar-refractivity contribution in [1.29, 1.82) is 0 Å². The minimum Gasteiger partial charge on any atom is -0.382 e. The highest BCUT2D eigenvalue weighted by molar-refractivity contribution is 5.35. The van der Waals surface area contributed by atoms with Gasteiger partial charge in [0.25, 0.3) is 0 Å². The van der Waals surface area contributed by atoms with Gasteiger partial charge >= 0.3 is 0 Å². The van der Waals surface area contributed by atoms with E-state index >= 15 is 0 Å². The average molecular weight is 287 g/mol. The van der Waals surface area contributed by atoms with Crippen molar-refractivity contribution in [2.24, 2.45) is 0 Å². The highest BCUT2D eigenvalue weighted by atomic mass is 19.1. The summed E-state index contributed by atoms with van der Waals surface area (Å²) in [6.45, 7) is 0. The molecule has 0 amide bonds. The molecule has 2 aromatic carbocycles. The van der Waals surface area contributed by atoms with E-state index in [2.05, 4.69) is 10.3 Å². The molecule has 0 aliphatic carbocycles. The Labute approximate surface area is 119 Å². The first-order chi connectivity index (χ1) is 10.2. The molecule has 0 aliphatic heterocycles. The number of hydrogen-bond acceptors (Lipinski definition) is 3. The van der Waals surface area contributed by atoms with Crippen LogP contribution in [0.2, 0.25) is 0 Å². The topological polar surface area (TPSA) is 50.9 Å². The molecule has 21 heavy (non-hydrogen) atoms. The Morgan fingerprint density at radius 2 is 1.62 bits per heavy atom. The van der Waals surface area contributed by atoms with Crippen LogP contribution in [0.4, 0.5) is 8.78 Å². The van der Waals surface area contributed by atoms with E-state index in [1.165, 1.54) is 16.9 Å². The fourth-order valence-electron chi connectivity index (χ4n) is 2.12. The summed E-state index contributed by atoms with van der Waals surface area (Å²) >= 11 is 0. The molecule has 0 spiro atoms. The minimum absolute atomic E-state index is 0.185.